The first-order valence-corrected chi connectivity index (χ1v) is 7.31. The van der Waals surface area contributed by atoms with Crippen molar-refractivity contribution in [2.45, 2.75) is 13.5 Å². The van der Waals surface area contributed by atoms with Crippen molar-refractivity contribution in [3.63, 3.8) is 0 Å². The van der Waals surface area contributed by atoms with Crippen LogP contribution in [0.2, 0.25) is 0 Å². The quantitative estimate of drug-likeness (QED) is 0.804. The molecule has 2 aromatic heterocycles. The monoisotopic (exact) mass is 299 g/mol. The van der Waals surface area contributed by atoms with Crippen LogP contribution in [0.25, 0.3) is 11.5 Å². The van der Waals surface area contributed by atoms with Gasteiger partial charge in [0, 0.05) is 5.56 Å². The minimum atomic E-state index is -0.133. The van der Waals surface area contributed by atoms with Gasteiger partial charge in [-0.25, -0.2) is 0 Å². The Bertz CT molecular complexity index is 733. The van der Waals surface area contributed by atoms with Crippen molar-refractivity contribution in [2.75, 3.05) is 0 Å². The number of aryl methyl sites for hydroxylation is 1. The molecule has 2 heterocycles. The molecule has 106 valence electrons. The maximum absolute atomic E-state index is 11.8. The van der Waals surface area contributed by atoms with Crippen molar-refractivity contribution in [2.24, 2.45) is 0 Å². The van der Waals surface area contributed by atoms with Crippen molar-refractivity contribution in [3.05, 3.63) is 58.0 Å². The Morgan fingerprint density at radius 1 is 1.29 bits per heavy atom. The first kappa shape index (κ1) is 13.5. The van der Waals surface area contributed by atoms with Gasteiger partial charge in [-0.05, 0) is 30.5 Å². The number of hydrogen-bond donors (Lipinski definition) is 1. The molecule has 0 saturated carbocycles. The summed E-state index contributed by atoms with van der Waals surface area (Å²) in [4.78, 5) is 16.7. The minimum absolute atomic E-state index is 0.133. The fraction of sp³-hybridized carbons (Fsp3) is 0.133. The molecule has 0 aliphatic carbocycles. The Hall–Kier alpha value is -2.47. The molecular weight excluding hydrogens is 286 g/mol. The van der Waals surface area contributed by atoms with Gasteiger partial charge in [0.2, 0.25) is 0 Å². The summed E-state index contributed by atoms with van der Waals surface area (Å²) in [6, 6.07) is 11.4. The van der Waals surface area contributed by atoms with E-state index in [0.717, 1.165) is 5.56 Å². The molecule has 0 aliphatic rings. The van der Waals surface area contributed by atoms with Crippen LogP contribution in [-0.4, -0.2) is 16.0 Å². The van der Waals surface area contributed by atoms with E-state index in [-0.39, 0.29) is 12.5 Å². The minimum Gasteiger partial charge on any atom is -0.344 e. The average Bonchev–Trinajstić information content (AvgIpc) is 3.17. The van der Waals surface area contributed by atoms with E-state index in [0.29, 0.717) is 16.6 Å². The van der Waals surface area contributed by atoms with E-state index < -0.39 is 0 Å². The summed E-state index contributed by atoms with van der Waals surface area (Å²) < 4.78 is 5.20. The Labute approximate surface area is 125 Å². The van der Waals surface area contributed by atoms with Gasteiger partial charge in [-0.2, -0.15) is 4.98 Å². The summed E-state index contributed by atoms with van der Waals surface area (Å²) in [5.74, 6) is 0.775. The molecule has 1 aromatic carbocycles. The molecule has 3 rings (SSSR count). The molecular formula is C15H13N3O2S. The van der Waals surface area contributed by atoms with Crippen LogP contribution in [0.3, 0.4) is 0 Å². The number of nitrogens with zero attached hydrogens (tertiary/aromatic N) is 2. The zero-order valence-electron chi connectivity index (χ0n) is 11.4. The van der Waals surface area contributed by atoms with Crippen LogP contribution in [-0.2, 0) is 6.54 Å². The second-order valence-corrected chi connectivity index (χ2v) is 5.49. The molecule has 0 unspecified atom stereocenters. The SMILES string of the molecule is Cc1ccc(-c2nc(CNC(=O)c3cccs3)no2)cc1. The molecule has 3 aromatic rings. The molecule has 1 N–H and O–H groups in total. The fourth-order valence-electron chi connectivity index (χ4n) is 1.79. The van der Waals surface area contributed by atoms with Gasteiger partial charge in [-0.3, -0.25) is 4.79 Å². The Kier molecular flexibility index (Phi) is 3.79. The van der Waals surface area contributed by atoms with E-state index in [4.69, 9.17) is 4.52 Å². The van der Waals surface area contributed by atoms with E-state index >= 15 is 0 Å². The van der Waals surface area contributed by atoms with Gasteiger partial charge in [0.05, 0.1) is 11.4 Å². The Balaban J connectivity index is 1.65. The first-order valence-electron chi connectivity index (χ1n) is 6.44. The molecule has 1 amide bonds. The third kappa shape index (κ3) is 3.17. The summed E-state index contributed by atoms with van der Waals surface area (Å²) in [7, 11) is 0. The summed E-state index contributed by atoms with van der Waals surface area (Å²) in [5, 5.41) is 8.49. The van der Waals surface area contributed by atoms with E-state index in [1.807, 2.05) is 42.6 Å². The lowest BCUT2D eigenvalue weighted by Gasteiger charge is -1.98. The molecule has 0 bridgehead atoms. The van der Waals surface area contributed by atoms with E-state index in [1.54, 1.807) is 6.07 Å². The predicted octanol–water partition coefficient (Wildman–Crippen LogP) is 3.04. The van der Waals surface area contributed by atoms with Crippen LogP contribution < -0.4 is 5.32 Å². The van der Waals surface area contributed by atoms with Gasteiger partial charge in [0.15, 0.2) is 5.82 Å². The number of amides is 1. The molecule has 0 saturated heterocycles. The molecule has 0 spiro atoms. The number of carbonyl (C=O) groups is 1. The van der Waals surface area contributed by atoms with E-state index in [1.165, 1.54) is 16.9 Å². The predicted molar refractivity (Wildman–Crippen MR) is 80.0 cm³/mol. The normalized spacial score (nSPS) is 10.5. The first-order chi connectivity index (χ1) is 10.2. The Morgan fingerprint density at radius 2 is 2.10 bits per heavy atom. The van der Waals surface area contributed by atoms with Crippen LogP contribution >= 0.6 is 11.3 Å². The van der Waals surface area contributed by atoms with Crippen molar-refractivity contribution >= 4 is 17.2 Å². The number of nitrogens with one attached hydrogen (secondary N) is 1. The lowest BCUT2D eigenvalue weighted by atomic mass is 10.1. The molecule has 5 nitrogen and oxygen atoms in total. The van der Waals surface area contributed by atoms with Gasteiger partial charge < -0.3 is 9.84 Å². The highest BCUT2D eigenvalue weighted by atomic mass is 32.1. The van der Waals surface area contributed by atoms with Gasteiger partial charge in [-0.15, -0.1) is 11.3 Å². The van der Waals surface area contributed by atoms with Gasteiger partial charge in [-0.1, -0.05) is 28.9 Å². The van der Waals surface area contributed by atoms with Crippen molar-refractivity contribution in [3.8, 4) is 11.5 Å². The summed E-state index contributed by atoms with van der Waals surface area (Å²) >= 11 is 1.39. The third-order valence-corrected chi connectivity index (χ3v) is 3.79. The number of aromatic nitrogens is 2. The number of hydrogen-bond acceptors (Lipinski definition) is 5. The largest absolute Gasteiger partial charge is 0.344 e. The van der Waals surface area contributed by atoms with Crippen molar-refractivity contribution < 1.29 is 9.32 Å². The second kappa shape index (κ2) is 5.88. The van der Waals surface area contributed by atoms with Crippen molar-refractivity contribution in [1.29, 1.82) is 0 Å². The molecule has 21 heavy (non-hydrogen) atoms. The summed E-state index contributed by atoms with van der Waals surface area (Å²) in [5.41, 5.74) is 2.03. The number of benzene rings is 1. The lowest BCUT2D eigenvalue weighted by Crippen LogP contribution is -2.22. The topological polar surface area (TPSA) is 68.0 Å². The molecule has 0 fully saturated rings. The zero-order valence-corrected chi connectivity index (χ0v) is 12.2. The molecule has 0 aliphatic heterocycles. The average molecular weight is 299 g/mol. The fourth-order valence-corrected chi connectivity index (χ4v) is 2.43. The van der Waals surface area contributed by atoms with Crippen LogP contribution in [0, 0.1) is 6.92 Å². The van der Waals surface area contributed by atoms with Crippen LogP contribution in [0.5, 0.6) is 0 Å². The maximum atomic E-state index is 11.8. The van der Waals surface area contributed by atoms with Gasteiger partial charge in [0.25, 0.3) is 11.8 Å². The molecule has 0 radical (unpaired) electrons. The number of carbonyl (C=O) groups excluding carboxylic acids is 1. The highest BCUT2D eigenvalue weighted by molar-refractivity contribution is 7.12. The zero-order chi connectivity index (χ0) is 14.7. The van der Waals surface area contributed by atoms with E-state index in [9.17, 15) is 4.79 Å². The van der Waals surface area contributed by atoms with Crippen molar-refractivity contribution in [1.82, 2.24) is 15.5 Å². The highest BCUT2D eigenvalue weighted by Crippen LogP contribution is 2.17. The second-order valence-electron chi connectivity index (χ2n) is 4.54. The highest BCUT2D eigenvalue weighted by Gasteiger charge is 2.11. The molecule has 6 heteroatoms. The summed E-state index contributed by atoms with van der Waals surface area (Å²) in [6.45, 7) is 2.26. The van der Waals surface area contributed by atoms with Crippen LogP contribution in [0.15, 0.2) is 46.3 Å². The van der Waals surface area contributed by atoms with Crippen LogP contribution in [0.4, 0.5) is 0 Å². The van der Waals surface area contributed by atoms with Crippen LogP contribution in [0.1, 0.15) is 21.1 Å². The lowest BCUT2D eigenvalue weighted by molar-refractivity contribution is 0.0953. The van der Waals surface area contributed by atoms with E-state index in [2.05, 4.69) is 15.5 Å². The summed E-state index contributed by atoms with van der Waals surface area (Å²) in [6.07, 6.45) is 0. The number of rotatable bonds is 4. The maximum Gasteiger partial charge on any atom is 0.261 e. The van der Waals surface area contributed by atoms with Gasteiger partial charge >= 0.3 is 0 Å². The standard InChI is InChI=1S/C15H13N3O2S/c1-10-4-6-11(7-5-10)15-17-13(18-20-15)9-16-14(19)12-3-2-8-21-12/h2-8H,9H2,1H3,(H,16,19). The third-order valence-electron chi connectivity index (χ3n) is 2.92. The molecule has 0 atom stereocenters. The van der Waals surface area contributed by atoms with Gasteiger partial charge in [0.1, 0.15) is 0 Å². The smallest absolute Gasteiger partial charge is 0.261 e. The number of thiophene rings is 1. The Morgan fingerprint density at radius 3 is 2.81 bits per heavy atom.